The minimum absolute atomic E-state index is 0.212. The number of likely N-dealkylation sites (tertiary alicyclic amines) is 1. The molecule has 1 amide bonds. The number of carbonyl (C=O) groups is 1. The molecule has 1 aliphatic heterocycles. The van der Waals surface area contributed by atoms with Crippen LogP contribution in [0.25, 0.3) is 11.5 Å². The van der Waals surface area contributed by atoms with Crippen molar-refractivity contribution in [3.8, 4) is 5.82 Å². The van der Waals surface area contributed by atoms with Gasteiger partial charge in [-0.15, -0.1) is 15.3 Å². The van der Waals surface area contributed by atoms with Crippen LogP contribution in [0, 0.1) is 20.8 Å². The van der Waals surface area contributed by atoms with Crippen LogP contribution in [0.15, 0.2) is 42.5 Å². The first kappa shape index (κ1) is 22.1. The van der Waals surface area contributed by atoms with Crippen molar-refractivity contribution in [2.24, 2.45) is 0 Å². The second-order valence-corrected chi connectivity index (χ2v) is 8.94. The molecule has 0 radical (unpaired) electrons. The van der Waals surface area contributed by atoms with Crippen LogP contribution in [0.2, 0.25) is 0 Å². The Morgan fingerprint density at radius 3 is 2.53 bits per heavy atom. The third-order valence-corrected chi connectivity index (χ3v) is 6.64. The molecule has 1 N–H and O–H groups in total. The largest absolute Gasteiger partial charge is 0.382 e. The fourth-order valence-corrected chi connectivity index (χ4v) is 4.69. The zero-order chi connectivity index (χ0) is 23.7. The summed E-state index contributed by atoms with van der Waals surface area (Å²) in [5, 5.41) is 21.1. The van der Waals surface area contributed by atoms with Crippen molar-refractivity contribution in [2.45, 2.75) is 52.5 Å². The molecule has 1 aromatic carbocycles. The Morgan fingerprint density at radius 2 is 1.76 bits per heavy atom. The number of aromatic nitrogens is 6. The van der Waals surface area contributed by atoms with Gasteiger partial charge in [-0.2, -0.15) is 9.61 Å². The van der Waals surface area contributed by atoms with Gasteiger partial charge >= 0.3 is 0 Å². The van der Waals surface area contributed by atoms with Crippen LogP contribution >= 0.6 is 0 Å². The van der Waals surface area contributed by atoms with Crippen molar-refractivity contribution in [2.75, 3.05) is 18.4 Å². The van der Waals surface area contributed by atoms with Gasteiger partial charge in [-0.25, -0.2) is 4.68 Å². The molecule has 176 valence electrons. The van der Waals surface area contributed by atoms with E-state index in [-0.39, 0.29) is 5.91 Å². The topological polar surface area (TPSA) is 93.2 Å². The van der Waals surface area contributed by atoms with E-state index in [1.807, 2.05) is 60.7 Å². The molecule has 34 heavy (non-hydrogen) atoms. The van der Waals surface area contributed by atoms with E-state index in [0.29, 0.717) is 30.3 Å². The molecule has 0 bridgehead atoms. The maximum absolute atomic E-state index is 12.9. The van der Waals surface area contributed by atoms with Gasteiger partial charge in [0, 0.05) is 36.9 Å². The summed E-state index contributed by atoms with van der Waals surface area (Å²) in [5.74, 6) is 1.65. The standard InChI is InChI=1S/C25H30N8O/c1-17-22(18(2)32(29-17)24-11-10-23-28-27-19(3)33(23)30-24)9-12-25(34)31-15-13-21(14-16-31)26-20-7-5-4-6-8-20/h4-8,10-11,21,26H,9,12-16H2,1-3H3. The molecule has 0 aliphatic carbocycles. The van der Waals surface area contributed by atoms with E-state index < -0.39 is 0 Å². The number of aryl methyl sites for hydroxylation is 2. The molecular formula is C25H30N8O. The van der Waals surface area contributed by atoms with Crippen molar-refractivity contribution in [1.29, 1.82) is 0 Å². The van der Waals surface area contributed by atoms with Crippen LogP contribution in [0.4, 0.5) is 5.69 Å². The number of amides is 1. The first-order valence-electron chi connectivity index (χ1n) is 11.8. The number of fused-ring (bicyclic) bond motifs is 1. The van der Waals surface area contributed by atoms with Crippen molar-refractivity contribution in [3.05, 3.63) is 65.2 Å². The van der Waals surface area contributed by atoms with Gasteiger partial charge in [0.25, 0.3) is 0 Å². The molecular weight excluding hydrogens is 428 g/mol. The fourth-order valence-electron chi connectivity index (χ4n) is 4.69. The Labute approximate surface area is 198 Å². The zero-order valence-electron chi connectivity index (χ0n) is 19.9. The summed E-state index contributed by atoms with van der Waals surface area (Å²) in [4.78, 5) is 14.9. The van der Waals surface area contributed by atoms with E-state index >= 15 is 0 Å². The molecule has 0 saturated carbocycles. The van der Waals surface area contributed by atoms with Crippen molar-refractivity contribution in [1.82, 2.24) is 34.5 Å². The average Bonchev–Trinajstić information content (AvgIpc) is 3.37. The highest BCUT2D eigenvalue weighted by atomic mass is 16.2. The highest BCUT2D eigenvalue weighted by Gasteiger charge is 2.23. The highest BCUT2D eigenvalue weighted by Crippen LogP contribution is 2.21. The first-order valence-corrected chi connectivity index (χ1v) is 11.8. The predicted molar refractivity (Wildman–Crippen MR) is 130 cm³/mol. The lowest BCUT2D eigenvalue weighted by Gasteiger charge is -2.33. The number of benzene rings is 1. The summed E-state index contributed by atoms with van der Waals surface area (Å²) < 4.78 is 3.56. The Bertz CT molecular complexity index is 1300. The Kier molecular flexibility index (Phi) is 6.00. The van der Waals surface area contributed by atoms with Crippen LogP contribution in [0.3, 0.4) is 0 Å². The van der Waals surface area contributed by atoms with Gasteiger partial charge in [-0.05, 0) is 69.9 Å². The molecule has 4 heterocycles. The summed E-state index contributed by atoms with van der Waals surface area (Å²) in [6, 6.07) is 14.5. The monoisotopic (exact) mass is 458 g/mol. The molecule has 0 unspecified atom stereocenters. The van der Waals surface area contributed by atoms with E-state index in [0.717, 1.165) is 54.4 Å². The molecule has 4 aromatic rings. The zero-order valence-corrected chi connectivity index (χ0v) is 19.9. The summed E-state index contributed by atoms with van der Waals surface area (Å²) in [6.45, 7) is 7.49. The van der Waals surface area contributed by atoms with Crippen LogP contribution in [0.1, 0.15) is 42.0 Å². The number of hydrogen-bond acceptors (Lipinski definition) is 6. The summed E-state index contributed by atoms with van der Waals surface area (Å²) in [7, 11) is 0. The highest BCUT2D eigenvalue weighted by molar-refractivity contribution is 5.76. The van der Waals surface area contributed by atoms with Gasteiger partial charge in [0.2, 0.25) is 5.91 Å². The SMILES string of the molecule is Cc1nn(-c2ccc3nnc(C)n3n2)c(C)c1CCC(=O)N1CCC(Nc2ccccc2)CC1. The number of nitrogens with zero attached hydrogens (tertiary/aromatic N) is 7. The van der Waals surface area contributed by atoms with Gasteiger partial charge in [0.15, 0.2) is 17.3 Å². The second-order valence-electron chi connectivity index (χ2n) is 8.94. The molecule has 1 aliphatic rings. The number of nitrogens with one attached hydrogen (secondary N) is 1. The summed E-state index contributed by atoms with van der Waals surface area (Å²) in [5.41, 5.74) is 4.89. The molecule has 1 saturated heterocycles. The second kappa shape index (κ2) is 9.24. The van der Waals surface area contributed by atoms with Gasteiger partial charge in [-0.3, -0.25) is 4.79 Å². The third-order valence-electron chi connectivity index (χ3n) is 6.64. The van der Waals surface area contributed by atoms with Crippen molar-refractivity contribution in [3.63, 3.8) is 0 Å². The maximum Gasteiger partial charge on any atom is 0.222 e. The Hall–Kier alpha value is -3.75. The number of carbonyl (C=O) groups excluding carboxylic acids is 1. The van der Waals surface area contributed by atoms with E-state index in [9.17, 15) is 4.79 Å². The minimum atomic E-state index is 0.212. The smallest absolute Gasteiger partial charge is 0.222 e. The number of para-hydroxylation sites is 1. The van der Waals surface area contributed by atoms with Gasteiger partial charge in [0.05, 0.1) is 5.69 Å². The molecule has 5 rings (SSSR count). The molecule has 9 heteroatoms. The molecule has 3 aromatic heterocycles. The lowest BCUT2D eigenvalue weighted by Crippen LogP contribution is -2.42. The lowest BCUT2D eigenvalue weighted by atomic mass is 10.0. The van der Waals surface area contributed by atoms with Crippen LogP contribution in [0.5, 0.6) is 0 Å². The lowest BCUT2D eigenvalue weighted by molar-refractivity contribution is -0.132. The van der Waals surface area contributed by atoms with Crippen molar-refractivity contribution < 1.29 is 4.79 Å². The number of anilines is 1. The number of rotatable bonds is 6. The van der Waals surface area contributed by atoms with Crippen LogP contribution in [-0.2, 0) is 11.2 Å². The van der Waals surface area contributed by atoms with E-state index in [1.165, 1.54) is 0 Å². The Balaban J connectivity index is 1.20. The van der Waals surface area contributed by atoms with Crippen LogP contribution in [-0.4, -0.2) is 59.5 Å². The summed E-state index contributed by atoms with van der Waals surface area (Å²) in [6.07, 6.45) is 3.09. The molecule has 1 fully saturated rings. The fraction of sp³-hybridized carbons (Fsp3) is 0.400. The minimum Gasteiger partial charge on any atom is -0.382 e. The predicted octanol–water partition coefficient (Wildman–Crippen LogP) is 3.27. The maximum atomic E-state index is 12.9. The Morgan fingerprint density at radius 1 is 1.00 bits per heavy atom. The van der Waals surface area contributed by atoms with Gasteiger partial charge in [0.1, 0.15) is 0 Å². The number of hydrogen-bond donors (Lipinski definition) is 1. The van der Waals surface area contributed by atoms with E-state index in [2.05, 4.69) is 32.7 Å². The molecule has 0 atom stereocenters. The quantitative estimate of drug-likeness (QED) is 0.477. The van der Waals surface area contributed by atoms with Gasteiger partial charge < -0.3 is 10.2 Å². The molecule has 9 nitrogen and oxygen atoms in total. The van der Waals surface area contributed by atoms with Gasteiger partial charge in [-0.1, -0.05) is 18.2 Å². The molecule has 0 spiro atoms. The van der Waals surface area contributed by atoms with E-state index in [4.69, 9.17) is 5.10 Å². The summed E-state index contributed by atoms with van der Waals surface area (Å²) >= 11 is 0. The van der Waals surface area contributed by atoms with Crippen molar-refractivity contribution >= 4 is 17.2 Å². The van der Waals surface area contributed by atoms with Crippen LogP contribution < -0.4 is 5.32 Å². The average molecular weight is 459 g/mol. The third kappa shape index (κ3) is 4.37. The van der Waals surface area contributed by atoms with E-state index in [1.54, 1.807) is 4.52 Å². The normalized spacial score (nSPS) is 14.6. The number of piperidine rings is 1. The first-order chi connectivity index (χ1) is 16.5.